The molecule has 0 bridgehead atoms. The number of fused-ring (bicyclic) bond motifs is 1. The molecule has 1 saturated carbocycles. The number of halogens is 1. The highest BCUT2D eigenvalue weighted by molar-refractivity contribution is 9.10. The van der Waals surface area contributed by atoms with Crippen LogP contribution in [0.15, 0.2) is 22.9 Å². The molecule has 2 aliphatic rings. The standard InChI is InChI=1S/C11H14BrN3/c1-13-11-3-7-2-10(7)15(11)9-4-8(12)5-14-6-9/h4-7,10-11,13H,2-3H2,1H3. The van der Waals surface area contributed by atoms with Gasteiger partial charge in [-0.05, 0) is 47.8 Å². The van der Waals surface area contributed by atoms with E-state index in [4.69, 9.17) is 0 Å². The molecule has 80 valence electrons. The van der Waals surface area contributed by atoms with Crippen molar-refractivity contribution in [2.75, 3.05) is 11.9 Å². The zero-order valence-corrected chi connectivity index (χ0v) is 10.2. The number of hydrogen-bond donors (Lipinski definition) is 1. The normalized spacial score (nSPS) is 32.9. The van der Waals surface area contributed by atoms with Crippen LogP contribution in [0.2, 0.25) is 0 Å². The Balaban J connectivity index is 1.92. The third-order valence-electron chi connectivity index (χ3n) is 3.43. The molecule has 4 heteroatoms. The van der Waals surface area contributed by atoms with Crippen molar-refractivity contribution in [3.63, 3.8) is 0 Å². The van der Waals surface area contributed by atoms with Crippen molar-refractivity contribution in [3.8, 4) is 0 Å². The molecule has 15 heavy (non-hydrogen) atoms. The molecule has 1 aliphatic heterocycles. The predicted octanol–water partition coefficient (Wildman–Crippen LogP) is 1.99. The number of hydrogen-bond acceptors (Lipinski definition) is 3. The first-order chi connectivity index (χ1) is 7.29. The van der Waals surface area contributed by atoms with Crippen molar-refractivity contribution in [3.05, 3.63) is 22.9 Å². The number of pyridine rings is 1. The first kappa shape index (κ1) is 9.60. The molecular formula is C11H14BrN3. The minimum Gasteiger partial charge on any atom is -0.351 e. The van der Waals surface area contributed by atoms with Crippen LogP contribution in [0.3, 0.4) is 0 Å². The summed E-state index contributed by atoms with van der Waals surface area (Å²) in [4.78, 5) is 6.71. The van der Waals surface area contributed by atoms with Crippen molar-refractivity contribution in [1.29, 1.82) is 0 Å². The van der Waals surface area contributed by atoms with Crippen molar-refractivity contribution >= 4 is 21.6 Å². The molecule has 0 spiro atoms. The van der Waals surface area contributed by atoms with E-state index < -0.39 is 0 Å². The van der Waals surface area contributed by atoms with E-state index in [0.717, 1.165) is 16.4 Å². The number of rotatable bonds is 2. The van der Waals surface area contributed by atoms with Crippen LogP contribution in [0, 0.1) is 5.92 Å². The van der Waals surface area contributed by atoms with E-state index in [1.807, 2.05) is 19.4 Å². The third-order valence-corrected chi connectivity index (χ3v) is 3.86. The Morgan fingerprint density at radius 2 is 2.33 bits per heavy atom. The minimum absolute atomic E-state index is 0.491. The summed E-state index contributed by atoms with van der Waals surface area (Å²) in [6.45, 7) is 0. The topological polar surface area (TPSA) is 28.2 Å². The average Bonchev–Trinajstić information content (AvgIpc) is 2.89. The molecule has 1 aromatic rings. The van der Waals surface area contributed by atoms with Gasteiger partial charge in [0.05, 0.1) is 18.1 Å². The van der Waals surface area contributed by atoms with E-state index >= 15 is 0 Å². The van der Waals surface area contributed by atoms with Gasteiger partial charge in [-0.15, -0.1) is 0 Å². The monoisotopic (exact) mass is 267 g/mol. The summed E-state index contributed by atoms with van der Waals surface area (Å²) in [5, 5.41) is 3.38. The molecule has 1 aromatic heterocycles. The van der Waals surface area contributed by atoms with Gasteiger partial charge in [-0.3, -0.25) is 4.98 Å². The van der Waals surface area contributed by atoms with Crippen molar-refractivity contribution in [2.45, 2.75) is 25.0 Å². The Bertz CT molecular complexity index is 382. The molecule has 0 radical (unpaired) electrons. The lowest BCUT2D eigenvalue weighted by Gasteiger charge is -2.29. The van der Waals surface area contributed by atoms with Crippen LogP contribution in [-0.4, -0.2) is 24.2 Å². The van der Waals surface area contributed by atoms with Gasteiger partial charge < -0.3 is 10.2 Å². The van der Waals surface area contributed by atoms with Crippen LogP contribution in [0.5, 0.6) is 0 Å². The van der Waals surface area contributed by atoms with Crippen molar-refractivity contribution in [1.82, 2.24) is 10.3 Å². The van der Waals surface area contributed by atoms with Gasteiger partial charge in [0.2, 0.25) is 0 Å². The maximum atomic E-state index is 4.23. The summed E-state index contributed by atoms with van der Waals surface area (Å²) in [5.74, 6) is 0.904. The lowest BCUT2D eigenvalue weighted by atomic mass is 10.2. The van der Waals surface area contributed by atoms with E-state index in [1.54, 1.807) is 0 Å². The summed E-state index contributed by atoms with van der Waals surface area (Å²) >= 11 is 3.48. The Kier molecular flexibility index (Phi) is 2.21. The number of nitrogens with zero attached hydrogens (tertiary/aromatic N) is 2. The minimum atomic E-state index is 0.491. The summed E-state index contributed by atoms with van der Waals surface area (Å²) in [6.07, 6.45) is 6.90. The van der Waals surface area contributed by atoms with Crippen LogP contribution < -0.4 is 10.2 Å². The molecular weight excluding hydrogens is 254 g/mol. The third kappa shape index (κ3) is 1.56. The van der Waals surface area contributed by atoms with E-state index in [-0.39, 0.29) is 0 Å². The van der Waals surface area contributed by atoms with Gasteiger partial charge in [-0.25, -0.2) is 0 Å². The summed E-state index contributed by atoms with van der Waals surface area (Å²) in [7, 11) is 2.04. The van der Waals surface area contributed by atoms with Gasteiger partial charge in [-0.2, -0.15) is 0 Å². The predicted molar refractivity (Wildman–Crippen MR) is 63.8 cm³/mol. The molecule has 1 saturated heterocycles. The molecule has 3 nitrogen and oxygen atoms in total. The summed E-state index contributed by atoms with van der Waals surface area (Å²) in [5.41, 5.74) is 1.23. The highest BCUT2D eigenvalue weighted by Crippen LogP contribution is 2.48. The van der Waals surface area contributed by atoms with Gasteiger partial charge in [0.1, 0.15) is 0 Å². The molecule has 3 unspecified atom stereocenters. The summed E-state index contributed by atoms with van der Waals surface area (Å²) in [6, 6.07) is 2.90. The fourth-order valence-electron chi connectivity index (χ4n) is 2.63. The lowest BCUT2D eigenvalue weighted by molar-refractivity contribution is 0.530. The van der Waals surface area contributed by atoms with Gasteiger partial charge in [0, 0.05) is 16.7 Å². The zero-order chi connectivity index (χ0) is 10.4. The largest absolute Gasteiger partial charge is 0.351 e. The molecule has 0 aromatic carbocycles. The molecule has 3 atom stereocenters. The molecule has 2 heterocycles. The average molecular weight is 268 g/mol. The van der Waals surface area contributed by atoms with Crippen LogP contribution in [-0.2, 0) is 0 Å². The van der Waals surface area contributed by atoms with Crippen molar-refractivity contribution in [2.24, 2.45) is 5.92 Å². The molecule has 3 rings (SSSR count). The Labute approximate surface area is 98.0 Å². The van der Waals surface area contributed by atoms with E-state index in [0.29, 0.717) is 6.17 Å². The maximum Gasteiger partial charge on any atom is 0.0800 e. The number of piperidine rings is 1. The number of nitrogens with one attached hydrogen (secondary N) is 1. The van der Waals surface area contributed by atoms with Gasteiger partial charge in [0.15, 0.2) is 0 Å². The first-order valence-corrected chi connectivity index (χ1v) is 6.15. The van der Waals surface area contributed by atoms with E-state index in [9.17, 15) is 0 Å². The molecule has 1 N–H and O–H groups in total. The maximum absolute atomic E-state index is 4.23. The van der Waals surface area contributed by atoms with Crippen LogP contribution in [0.1, 0.15) is 12.8 Å². The number of anilines is 1. The second-order valence-corrected chi connectivity index (χ2v) is 5.29. The molecule has 1 aliphatic carbocycles. The van der Waals surface area contributed by atoms with E-state index in [2.05, 4.69) is 37.2 Å². The highest BCUT2D eigenvalue weighted by atomic mass is 79.9. The Morgan fingerprint density at radius 3 is 3.07 bits per heavy atom. The second-order valence-electron chi connectivity index (χ2n) is 4.37. The quantitative estimate of drug-likeness (QED) is 0.889. The van der Waals surface area contributed by atoms with Gasteiger partial charge >= 0.3 is 0 Å². The Hall–Kier alpha value is -0.610. The number of aromatic nitrogens is 1. The molecule has 2 fully saturated rings. The van der Waals surface area contributed by atoms with Crippen LogP contribution in [0.25, 0.3) is 0 Å². The summed E-state index contributed by atoms with van der Waals surface area (Å²) < 4.78 is 1.05. The lowest BCUT2D eigenvalue weighted by Crippen LogP contribution is -2.41. The van der Waals surface area contributed by atoms with Gasteiger partial charge in [0.25, 0.3) is 0 Å². The van der Waals surface area contributed by atoms with Crippen molar-refractivity contribution < 1.29 is 0 Å². The second kappa shape index (κ2) is 3.46. The fourth-order valence-corrected chi connectivity index (χ4v) is 2.98. The first-order valence-electron chi connectivity index (χ1n) is 5.36. The smallest absolute Gasteiger partial charge is 0.0800 e. The van der Waals surface area contributed by atoms with E-state index in [1.165, 1.54) is 18.5 Å². The zero-order valence-electron chi connectivity index (χ0n) is 8.65. The van der Waals surface area contributed by atoms with Gasteiger partial charge in [-0.1, -0.05) is 0 Å². The SMILES string of the molecule is CNC1CC2CC2N1c1cncc(Br)c1. The fraction of sp³-hybridized carbons (Fsp3) is 0.545. The van der Waals surface area contributed by atoms with Crippen LogP contribution in [0.4, 0.5) is 5.69 Å². The molecule has 0 amide bonds. The van der Waals surface area contributed by atoms with Crippen LogP contribution >= 0.6 is 15.9 Å². The highest BCUT2D eigenvalue weighted by Gasteiger charge is 2.51. The Morgan fingerprint density at radius 1 is 1.47 bits per heavy atom.